The molecule has 1 atom stereocenters. The van der Waals surface area contributed by atoms with E-state index in [0.29, 0.717) is 10.8 Å². The van der Waals surface area contributed by atoms with Gasteiger partial charge in [0, 0.05) is 17.1 Å². The van der Waals surface area contributed by atoms with Gasteiger partial charge in [-0.1, -0.05) is 41.9 Å². The third-order valence-corrected chi connectivity index (χ3v) is 4.59. The fraction of sp³-hybridized carbons (Fsp3) is 0.391. The third kappa shape index (κ3) is 7.09. The second kappa shape index (κ2) is 9.79. The molecule has 6 heteroatoms. The largest absolute Gasteiger partial charge is 0.484 e. The number of rotatable bonds is 7. The first kappa shape index (κ1) is 22.8. The van der Waals surface area contributed by atoms with Gasteiger partial charge in [-0.3, -0.25) is 9.59 Å². The summed E-state index contributed by atoms with van der Waals surface area (Å²) in [5, 5.41) is 3.52. The molecule has 2 aromatic carbocycles. The van der Waals surface area contributed by atoms with Crippen LogP contribution in [0.15, 0.2) is 48.5 Å². The summed E-state index contributed by atoms with van der Waals surface area (Å²) in [5.41, 5.74) is 1.39. The predicted molar refractivity (Wildman–Crippen MR) is 116 cm³/mol. The fourth-order valence-electron chi connectivity index (χ4n) is 2.83. The number of hydrogen-bond acceptors (Lipinski definition) is 3. The first-order valence-electron chi connectivity index (χ1n) is 9.61. The Bertz CT molecular complexity index is 861. The van der Waals surface area contributed by atoms with Gasteiger partial charge in [0.15, 0.2) is 6.61 Å². The minimum absolute atomic E-state index is 0.154. The number of ether oxygens (including phenoxy) is 1. The Kier molecular flexibility index (Phi) is 7.68. The minimum atomic E-state index is -0.666. The lowest BCUT2D eigenvalue weighted by atomic mass is 10.1. The van der Waals surface area contributed by atoms with Crippen molar-refractivity contribution in [2.75, 3.05) is 6.61 Å². The van der Waals surface area contributed by atoms with Crippen molar-refractivity contribution in [2.45, 2.75) is 52.7 Å². The van der Waals surface area contributed by atoms with Crippen LogP contribution in [0.3, 0.4) is 0 Å². The molecule has 0 saturated heterocycles. The lowest BCUT2D eigenvalue weighted by molar-refractivity contribution is -0.142. The molecule has 2 amide bonds. The summed E-state index contributed by atoms with van der Waals surface area (Å²) in [6, 6.07) is 14.1. The van der Waals surface area contributed by atoms with E-state index in [-0.39, 0.29) is 25.0 Å². The molecule has 0 unspecified atom stereocenters. The van der Waals surface area contributed by atoms with Gasteiger partial charge in [-0.05, 0) is 63.9 Å². The summed E-state index contributed by atoms with van der Waals surface area (Å²) in [6.07, 6.45) is 0. The number of nitrogens with one attached hydrogen (secondary N) is 1. The number of amides is 2. The molecule has 0 aliphatic rings. The average Bonchev–Trinajstić information content (AvgIpc) is 2.63. The Morgan fingerprint density at radius 3 is 2.45 bits per heavy atom. The summed E-state index contributed by atoms with van der Waals surface area (Å²) >= 11 is 6.09. The van der Waals surface area contributed by atoms with E-state index in [1.54, 1.807) is 19.1 Å². The van der Waals surface area contributed by atoms with E-state index < -0.39 is 11.6 Å². The Labute approximate surface area is 178 Å². The highest BCUT2D eigenvalue weighted by molar-refractivity contribution is 6.30. The van der Waals surface area contributed by atoms with Crippen LogP contribution in [0.2, 0.25) is 5.02 Å². The molecule has 0 saturated carbocycles. The zero-order chi connectivity index (χ0) is 21.6. The molecule has 2 rings (SSSR count). The first-order chi connectivity index (χ1) is 13.6. The number of aryl methyl sites for hydroxylation is 1. The molecular weight excluding hydrogens is 388 g/mol. The maximum Gasteiger partial charge on any atom is 0.261 e. The molecule has 2 aromatic rings. The van der Waals surface area contributed by atoms with Gasteiger partial charge in [0.2, 0.25) is 5.91 Å². The summed E-state index contributed by atoms with van der Waals surface area (Å²) in [6.45, 7) is 9.46. The van der Waals surface area contributed by atoms with Crippen molar-refractivity contribution < 1.29 is 14.3 Å². The number of para-hydroxylation sites is 1. The molecular formula is C23H29ClN2O3. The van der Waals surface area contributed by atoms with Crippen molar-refractivity contribution >= 4 is 23.4 Å². The molecule has 0 aliphatic carbocycles. The first-order valence-corrected chi connectivity index (χ1v) is 9.99. The van der Waals surface area contributed by atoms with E-state index in [1.807, 2.05) is 64.1 Å². The maximum atomic E-state index is 13.0. The topological polar surface area (TPSA) is 58.6 Å². The Hall–Kier alpha value is -2.53. The van der Waals surface area contributed by atoms with Crippen molar-refractivity contribution in [3.8, 4) is 5.75 Å². The standard InChI is InChI=1S/C23H29ClN2O3/c1-16-9-6-7-12-20(16)29-15-21(27)26(14-18-10-8-11-19(24)13-18)17(2)22(28)25-23(3,4)5/h6-13,17H,14-15H2,1-5H3,(H,25,28)/t17-/m1/s1. The number of nitrogens with zero attached hydrogens (tertiary/aromatic N) is 1. The van der Waals surface area contributed by atoms with Crippen molar-refractivity contribution in [3.05, 3.63) is 64.7 Å². The molecule has 5 nitrogen and oxygen atoms in total. The van der Waals surface area contributed by atoms with E-state index >= 15 is 0 Å². The van der Waals surface area contributed by atoms with E-state index in [1.165, 1.54) is 4.90 Å². The lowest BCUT2D eigenvalue weighted by Crippen LogP contribution is -2.53. The molecule has 156 valence electrons. The molecule has 0 bridgehead atoms. The highest BCUT2D eigenvalue weighted by Crippen LogP contribution is 2.18. The molecule has 0 fully saturated rings. The van der Waals surface area contributed by atoms with Gasteiger partial charge in [-0.2, -0.15) is 0 Å². The smallest absolute Gasteiger partial charge is 0.261 e. The predicted octanol–water partition coefficient (Wildman–Crippen LogP) is 4.36. The van der Waals surface area contributed by atoms with Crippen LogP contribution in [-0.4, -0.2) is 34.9 Å². The molecule has 1 N–H and O–H groups in total. The van der Waals surface area contributed by atoms with Crippen LogP contribution >= 0.6 is 11.6 Å². The molecule has 29 heavy (non-hydrogen) atoms. The summed E-state index contributed by atoms with van der Waals surface area (Å²) < 4.78 is 5.72. The number of carbonyl (C=O) groups excluding carboxylic acids is 2. The van der Waals surface area contributed by atoms with Crippen molar-refractivity contribution in [3.63, 3.8) is 0 Å². The van der Waals surface area contributed by atoms with Crippen LogP contribution in [0.1, 0.15) is 38.8 Å². The Morgan fingerprint density at radius 2 is 1.83 bits per heavy atom. The monoisotopic (exact) mass is 416 g/mol. The molecule has 0 radical (unpaired) electrons. The number of hydrogen-bond donors (Lipinski definition) is 1. The van der Waals surface area contributed by atoms with Crippen LogP contribution in [0, 0.1) is 6.92 Å². The molecule has 0 heterocycles. The van der Waals surface area contributed by atoms with Crippen molar-refractivity contribution in [1.82, 2.24) is 10.2 Å². The van der Waals surface area contributed by atoms with Gasteiger partial charge in [-0.15, -0.1) is 0 Å². The van der Waals surface area contributed by atoms with Crippen LogP contribution in [-0.2, 0) is 16.1 Å². The van der Waals surface area contributed by atoms with E-state index in [2.05, 4.69) is 5.32 Å². The van der Waals surface area contributed by atoms with E-state index in [4.69, 9.17) is 16.3 Å². The van der Waals surface area contributed by atoms with Crippen molar-refractivity contribution in [2.24, 2.45) is 0 Å². The van der Waals surface area contributed by atoms with Gasteiger partial charge in [0.25, 0.3) is 5.91 Å². The highest BCUT2D eigenvalue weighted by atomic mass is 35.5. The quantitative estimate of drug-likeness (QED) is 0.729. The van der Waals surface area contributed by atoms with Crippen LogP contribution < -0.4 is 10.1 Å². The summed E-state index contributed by atoms with van der Waals surface area (Å²) in [7, 11) is 0. The zero-order valence-electron chi connectivity index (χ0n) is 17.7. The highest BCUT2D eigenvalue weighted by Gasteiger charge is 2.28. The van der Waals surface area contributed by atoms with Gasteiger partial charge < -0.3 is 15.0 Å². The number of benzene rings is 2. The summed E-state index contributed by atoms with van der Waals surface area (Å²) in [5.74, 6) is 0.156. The normalized spacial score (nSPS) is 12.2. The lowest BCUT2D eigenvalue weighted by Gasteiger charge is -2.31. The van der Waals surface area contributed by atoms with E-state index in [0.717, 1.165) is 11.1 Å². The SMILES string of the molecule is Cc1ccccc1OCC(=O)N(Cc1cccc(Cl)c1)[C@H](C)C(=O)NC(C)(C)C. The van der Waals surface area contributed by atoms with Gasteiger partial charge in [0.05, 0.1) is 0 Å². The van der Waals surface area contributed by atoms with Gasteiger partial charge in [-0.25, -0.2) is 0 Å². The zero-order valence-corrected chi connectivity index (χ0v) is 18.4. The van der Waals surface area contributed by atoms with Gasteiger partial charge >= 0.3 is 0 Å². The van der Waals surface area contributed by atoms with Gasteiger partial charge in [0.1, 0.15) is 11.8 Å². The molecule has 0 spiro atoms. The van der Waals surface area contributed by atoms with Crippen LogP contribution in [0.4, 0.5) is 0 Å². The van der Waals surface area contributed by atoms with Crippen LogP contribution in [0.5, 0.6) is 5.75 Å². The number of carbonyl (C=O) groups is 2. The maximum absolute atomic E-state index is 13.0. The van der Waals surface area contributed by atoms with Crippen LogP contribution in [0.25, 0.3) is 0 Å². The number of halogens is 1. The minimum Gasteiger partial charge on any atom is -0.484 e. The second-order valence-electron chi connectivity index (χ2n) is 8.12. The molecule has 0 aromatic heterocycles. The molecule has 0 aliphatic heterocycles. The van der Waals surface area contributed by atoms with Crippen molar-refractivity contribution in [1.29, 1.82) is 0 Å². The Balaban J connectivity index is 2.19. The fourth-order valence-corrected chi connectivity index (χ4v) is 3.04. The Morgan fingerprint density at radius 1 is 1.14 bits per heavy atom. The average molecular weight is 417 g/mol. The summed E-state index contributed by atoms with van der Waals surface area (Å²) in [4.78, 5) is 27.3. The second-order valence-corrected chi connectivity index (χ2v) is 8.56. The third-order valence-electron chi connectivity index (χ3n) is 4.35. The van der Waals surface area contributed by atoms with E-state index in [9.17, 15) is 9.59 Å².